The summed E-state index contributed by atoms with van der Waals surface area (Å²) in [7, 11) is -5.87. The predicted molar refractivity (Wildman–Crippen MR) is 319 cm³/mol. The van der Waals surface area contributed by atoms with E-state index in [4.69, 9.17) is 5.11 Å². The summed E-state index contributed by atoms with van der Waals surface area (Å²) in [4.78, 5) is 15.5. The van der Waals surface area contributed by atoms with E-state index in [9.17, 15) is 36.8 Å². The first-order valence-electron chi connectivity index (χ1n) is 27.2. The number of halogens is 2. The van der Waals surface area contributed by atoms with Gasteiger partial charge in [-0.15, -0.1) is 0 Å². The van der Waals surface area contributed by atoms with Crippen LogP contribution in [0.3, 0.4) is 0 Å². The standard InChI is InChI=1S/C18H15S.C16H26O2.C14H14.C10H14O.C9H16F2O5S/c1-4-10-16(11-5-1)19(17-12-6-2-7-13-17)18-14-8-3-9-15-18;1-7-11(2)12-8-13(15(3,4)17)10-14(9-12)16(5,6)18;1-9-10(2)13-8-4-6-11-5-3-7-12(9)14(11)13;1-3-8(2)9-4-6-10(11)7-5-9;1-5-8(3,4)7(12)16-6(2)9(10,11)17(13,14)15/h1-15H;8-11,17-18H,7H2,1-6H3;3-10H,1-2H3;4-8,11H,3H2,1-2H3;6H,5H2,1-4H3,(H,13,14,15)/q+1;;;;/p-1. The summed E-state index contributed by atoms with van der Waals surface area (Å²) < 4.78 is 61.2. The van der Waals surface area contributed by atoms with Gasteiger partial charge in [0.15, 0.2) is 30.9 Å². The maximum Gasteiger partial charge on any atom is 0.369 e. The molecule has 12 heteroatoms. The molecule has 8 nitrogen and oxygen atoms in total. The Morgan fingerprint density at radius 2 is 0.975 bits per heavy atom. The molecule has 0 saturated heterocycles. The van der Waals surface area contributed by atoms with E-state index >= 15 is 0 Å². The van der Waals surface area contributed by atoms with Gasteiger partial charge >= 0.3 is 11.2 Å². The van der Waals surface area contributed by atoms with Crippen LogP contribution in [0.1, 0.15) is 173 Å². The first-order chi connectivity index (χ1) is 36.9. The van der Waals surface area contributed by atoms with Gasteiger partial charge in [0.2, 0.25) is 0 Å². The van der Waals surface area contributed by atoms with Crippen molar-refractivity contribution in [1.82, 2.24) is 0 Å². The SMILES string of the molecule is CC1c2cccc3cccc(c23)C1C.CCC(C)(C)C(=O)OC(C)C(F)(F)S(=O)(=O)[O-].CCC(C)c1cc(C(C)(C)O)cc(C(C)(C)O)c1.CCC(C)c1ccc(O)cc1.c1ccc([S+](c2ccccc2)c2ccccc2)cc1. The van der Waals surface area contributed by atoms with Crippen molar-refractivity contribution in [3.63, 3.8) is 0 Å². The van der Waals surface area contributed by atoms with Crippen molar-refractivity contribution in [2.24, 2.45) is 5.41 Å². The molecule has 0 heterocycles. The summed E-state index contributed by atoms with van der Waals surface area (Å²) in [6.45, 7) is 25.7. The molecule has 0 aliphatic heterocycles. The van der Waals surface area contributed by atoms with Gasteiger partial charge in [-0.2, -0.15) is 8.78 Å². The second-order valence-electron chi connectivity index (χ2n) is 22.1. The number of ether oxygens (including phenoxy) is 1. The van der Waals surface area contributed by atoms with E-state index in [2.05, 4.69) is 174 Å². The molecule has 0 fully saturated rings. The van der Waals surface area contributed by atoms with E-state index in [1.54, 1.807) is 46.8 Å². The molecule has 0 radical (unpaired) electrons. The average Bonchev–Trinajstić information content (AvgIpc) is 3.88. The monoisotopic (exact) mass is 1120 g/mol. The van der Waals surface area contributed by atoms with Crippen molar-refractivity contribution in [2.75, 3.05) is 0 Å². The van der Waals surface area contributed by atoms with Crippen molar-refractivity contribution >= 4 is 37.8 Å². The Hall–Kier alpha value is -5.89. The molecule has 0 bridgehead atoms. The Kier molecular flexibility index (Phi) is 23.7. The zero-order valence-corrected chi connectivity index (χ0v) is 50.3. The Morgan fingerprint density at radius 1 is 0.595 bits per heavy atom. The molecule has 7 aromatic rings. The molecule has 0 spiro atoms. The van der Waals surface area contributed by atoms with Gasteiger partial charge in [-0.25, -0.2) is 8.42 Å². The number of rotatable bonds is 14. The van der Waals surface area contributed by atoms with E-state index in [-0.39, 0.29) is 10.9 Å². The third-order valence-corrected chi connectivity index (χ3v) is 18.0. The zero-order chi connectivity index (χ0) is 59.1. The van der Waals surface area contributed by atoms with Gasteiger partial charge in [-0.3, -0.25) is 4.79 Å². The number of hydrogen-bond acceptors (Lipinski definition) is 8. The lowest BCUT2D eigenvalue weighted by atomic mass is 9.85. The third kappa shape index (κ3) is 18.1. The fourth-order valence-electron chi connectivity index (χ4n) is 8.43. The maximum absolute atomic E-state index is 13.0. The minimum absolute atomic E-state index is 0.0146. The van der Waals surface area contributed by atoms with Gasteiger partial charge in [0.25, 0.3) is 0 Å². The predicted octanol–water partition coefficient (Wildman–Crippen LogP) is 16.9. The lowest BCUT2D eigenvalue weighted by molar-refractivity contribution is -0.170. The van der Waals surface area contributed by atoms with E-state index in [1.165, 1.54) is 61.6 Å². The van der Waals surface area contributed by atoms with Crippen LogP contribution in [0.5, 0.6) is 5.75 Å². The molecule has 0 amide bonds. The third-order valence-electron chi connectivity index (χ3n) is 14.8. The lowest BCUT2D eigenvalue weighted by Gasteiger charge is -2.29. The molecule has 0 saturated carbocycles. The molecule has 1 aliphatic rings. The Morgan fingerprint density at radius 3 is 1.32 bits per heavy atom. The smallest absolute Gasteiger partial charge is 0.369 e. The molecule has 5 atom stereocenters. The largest absolute Gasteiger partial charge is 0.743 e. The second-order valence-corrected chi connectivity index (χ2v) is 25.6. The Bertz CT molecular complexity index is 2930. The first-order valence-corrected chi connectivity index (χ1v) is 29.9. The Labute approximate surface area is 473 Å². The molecule has 7 aromatic carbocycles. The second kappa shape index (κ2) is 28.5. The van der Waals surface area contributed by atoms with E-state index < -0.39 is 44.1 Å². The molecule has 3 N–H and O–H groups in total. The molecule has 79 heavy (non-hydrogen) atoms. The van der Waals surface area contributed by atoms with Crippen LogP contribution in [0.25, 0.3) is 10.8 Å². The van der Waals surface area contributed by atoms with E-state index in [1.807, 2.05) is 30.3 Å². The number of hydrogen-bond donors (Lipinski definition) is 3. The van der Waals surface area contributed by atoms with Crippen LogP contribution in [-0.2, 0) is 41.7 Å². The number of benzene rings is 7. The highest BCUT2D eigenvalue weighted by Crippen LogP contribution is 2.46. The quantitative estimate of drug-likeness (QED) is 0.0555. The summed E-state index contributed by atoms with van der Waals surface area (Å²) in [5.41, 5.74) is 4.47. The molecule has 1 aliphatic carbocycles. The minimum atomic E-state index is -5.86. The molecule has 8 rings (SSSR count). The van der Waals surface area contributed by atoms with Crippen molar-refractivity contribution in [3.8, 4) is 5.75 Å². The number of aliphatic hydroxyl groups is 2. The average molecular weight is 1120 g/mol. The van der Waals surface area contributed by atoms with Crippen LogP contribution in [0.2, 0.25) is 0 Å². The lowest BCUT2D eigenvalue weighted by Crippen LogP contribution is -2.44. The van der Waals surface area contributed by atoms with Gasteiger partial charge < -0.3 is 24.6 Å². The molecular formula is C67H84F2O8S2. The van der Waals surface area contributed by atoms with Crippen LogP contribution in [-0.4, -0.2) is 45.6 Å². The van der Waals surface area contributed by atoms with Crippen molar-refractivity contribution < 1.29 is 46.6 Å². The van der Waals surface area contributed by atoms with Crippen LogP contribution < -0.4 is 0 Å². The van der Waals surface area contributed by atoms with Gasteiger partial charge in [0, 0.05) is 0 Å². The fraction of sp³-hybridized carbons (Fsp3) is 0.388. The number of phenolic OH excluding ortho intramolecular Hbond substituents is 1. The number of alkyl halides is 2. The minimum Gasteiger partial charge on any atom is -0.743 e. The van der Waals surface area contributed by atoms with E-state index in [0.717, 1.165) is 24.0 Å². The van der Waals surface area contributed by atoms with Crippen LogP contribution in [0.4, 0.5) is 8.78 Å². The number of phenols is 1. The summed E-state index contributed by atoms with van der Waals surface area (Å²) in [6, 6.07) is 58.9. The molecule has 426 valence electrons. The first kappa shape index (κ1) is 65.6. The topological polar surface area (TPSA) is 144 Å². The van der Waals surface area contributed by atoms with Crippen molar-refractivity contribution in [1.29, 1.82) is 0 Å². The van der Waals surface area contributed by atoms with E-state index in [0.29, 0.717) is 42.8 Å². The highest BCUT2D eigenvalue weighted by Gasteiger charge is 2.47. The summed E-state index contributed by atoms with van der Waals surface area (Å²) in [5.74, 6) is 1.74. The summed E-state index contributed by atoms with van der Waals surface area (Å²) >= 11 is 0. The maximum atomic E-state index is 13.0. The molecule has 0 aromatic heterocycles. The zero-order valence-electron chi connectivity index (χ0n) is 48.6. The number of esters is 1. The van der Waals surface area contributed by atoms with Crippen molar-refractivity contribution in [2.45, 2.75) is 177 Å². The van der Waals surface area contributed by atoms with Crippen LogP contribution >= 0.6 is 0 Å². The highest BCUT2D eigenvalue weighted by molar-refractivity contribution is 7.97. The van der Waals surface area contributed by atoms with Crippen LogP contribution in [0.15, 0.2) is 185 Å². The summed E-state index contributed by atoms with van der Waals surface area (Å²) in [6.07, 6.45) is 0.197. The number of aromatic hydroxyl groups is 1. The molecular weight excluding hydrogens is 1030 g/mol. The van der Waals surface area contributed by atoms with Crippen molar-refractivity contribution in [3.05, 3.63) is 203 Å². The van der Waals surface area contributed by atoms with Gasteiger partial charge in [-0.05, 0) is 184 Å². The van der Waals surface area contributed by atoms with Gasteiger partial charge in [0.05, 0.1) is 27.5 Å². The number of carbonyl (C=O) groups excluding carboxylic acids is 1. The molecule has 5 unspecified atom stereocenters. The normalized spacial score (nSPS) is 15.3. The summed E-state index contributed by atoms with van der Waals surface area (Å²) in [5, 5.41) is 27.6. The van der Waals surface area contributed by atoms with Gasteiger partial charge in [-0.1, -0.05) is 170 Å². The fourth-order valence-corrected chi connectivity index (χ4v) is 11.0. The van der Waals surface area contributed by atoms with Crippen LogP contribution in [0, 0.1) is 5.41 Å². The Balaban J connectivity index is 0.000000215. The van der Waals surface area contributed by atoms with Gasteiger partial charge in [0.1, 0.15) is 5.75 Å². The highest BCUT2D eigenvalue weighted by atomic mass is 32.2. The number of carbonyl (C=O) groups is 1.